The summed E-state index contributed by atoms with van der Waals surface area (Å²) in [7, 11) is 0. The quantitative estimate of drug-likeness (QED) is 0.380. The van der Waals surface area contributed by atoms with E-state index in [-0.39, 0.29) is 0 Å². The van der Waals surface area contributed by atoms with Crippen LogP contribution < -0.4 is 0 Å². The van der Waals surface area contributed by atoms with Crippen LogP contribution in [0.4, 0.5) is 11.5 Å². The third kappa shape index (κ3) is 3.38. The van der Waals surface area contributed by atoms with E-state index in [0.29, 0.717) is 0 Å². The van der Waals surface area contributed by atoms with Gasteiger partial charge in [-0.1, -0.05) is 24.3 Å². The molecule has 0 N–H and O–H groups in total. The number of hydrogen-bond acceptors (Lipinski definition) is 3. The monoisotopic (exact) mass is 354 g/mol. The van der Waals surface area contributed by atoms with Gasteiger partial charge in [0.05, 0.1) is 5.69 Å². The van der Waals surface area contributed by atoms with Crippen LogP contribution in [0.2, 0.25) is 0 Å². The number of rotatable bonds is 3. The highest BCUT2D eigenvalue weighted by molar-refractivity contribution is 5.75. The Morgan fingerprint density at radius 1 is 0.778 bits per heavy atom. The average Bonchev–Trinajstić information content (AvgIpc) is 3.00. The minimum Gasteiger partial charge on any atom is -0.283 e. The fraction of sp³-hybridized carbons (Fsp3) is 0.174. The third-order valence-corrected chi connectivity index (χ3v) is 4.75. The molecule has 0 aliphatic rings. The lowest BCUT2D eigenvalue weighted by Crippen LogP contribution is -1.84. The molecular formula is C23H22N4. The molecule has 2 aromatic carbocycles. The number of aromatic nitrogens is 2. The second kappa shape index (κ2) is 6.80. The maximum atomic E-state index is 4.81. The molecule has 0 aliphatic carbocycles. The lowest BCUT2D eigenvalue weighted by Gasteiger charge is -2.04. The fourth-order valence-electron chi connectivity index (χ4n) is 3.27. The molecule has 0 amide bonds. The summed E-state index contributed by atoms with van der Waals surface area (Å²) in [4.78, 5) is 4.81. The average molecular weight is 354 g/mol. The number of hydrogen-bond donors (Lipinski definition) is 0. The van der Waals surface area contributed by atoms with E-state index < -0.39 is 0 Å². The Morgan fingerprint density at radius 3 is 2.30 bits per heavy atom. The van der Waals surface area contributed by atoms with Gasteiger partial charge >= 0.3 is 0 Å². The summed E-state index contributed by atoms with van der Waals surface area (Å²) >= 11 is 0. The van der Waals surface area contributed by atoms with Gasteiger partial charge in [-0.25, -0.2) is 4.98 Å². The van der Waals surface area contributed by atoms with Gasteiger partial charge in [0.2, 0.25) is 0 Å². The Bertz CT molecular complexity index is 1150. The van der Waals surface area contributed by atoms with Crippen LogP contribution in [-0.4, -0.2) is 9.38 Å². The van der Waals surface area contributed by atoms with Gasteiger partial charge < -0.3 is 0 Å². The highest BCUT2D eigenvalue weighted by Gasteiger charge is 2.14. The van der Waals surface area contributed by atoms with E-state index in [1.807, 2.05) is 40.9 Å². The van der Waals surface area contributed by atoms with E-state index in [1.54, 1.807) is 0 Å². The van der Waals surface area contributed by atoms with Crippen molar-refractivity contribution in [3.63, 3.8) is 0 Å². The second-order valence-electron chi connectivity index (χ2n) is 7.06. The van der Waals surface area contributed by atoms with Gasteiger partial charge in [0, 0.05) is 11.8 Å². The summed E-state index contributed by atoms with van der Waals surface area (Å²) in [6.07, 6.45) is 1.97. The molecule has 4 aromatic rings. The molecule has 134 valence electrons. The van der Waals surface area contributed by atoms with E-state index in [4.69, 9.17) is 4.98 Å². The van der Waals surface area contributed by atoms with Crippen LogP contribution in [0, 0.1) is 27.7 Å². The summed E-state index contributed by atoms with van der Waals surface area (Å²) in [5, 5.41) is 9.11. The van der Waals surface area contributed by atoms with Gasteiger partial charge in [-0.05, 0) is 80.3 Å². The molecule has 0 saturated carbocycles. The molecule has 0 fully saturated rings. The normalized spacial score (nSPS) is 11.6. The summed E-state index contributed by atoms with van der Waals surface area (Å²) in [5.41, 5.74) is 8.47. The lowest BCUT2D eigenvalue weighted by molar-refractivity contribution is 1.10. The molecule has 0 atom stereocenters. The Balaban J connectivity index is 1.87. The SMILES string of the molecule is Cc1cc(C)cc(N=Nc2c(-c3ccc(C)c(C)c3)nc3ccccn23)c1. The van der Waals surface area contributed by atoms with Gasteiger partial charge in [0.15, 0.2) is 5.82 Å². The van der Waals surface area contributed by atoms with Crippen LogP contribution in [0.15, 0.2) is 71.0 Å². The lowest BCUT2D eigenvalue weighted by atomic mass is 10.0. The Kier molecular flexibility index (Phi) is 4.32. The standard InChI is InChI=1S/C23H22N4/c1-15-11-16(2)13-20(12-15)25-26-23-22(19-9-8-17(3)18(4)14-19)24-21-7-5-6-10-27(21)23/h5-14H,1-4H3. The topological polar surface area (TPSA) is 42.0 Å². The summed E-state index contributed by atoms with van der Waals surface area (Å²) in [6.45, 7) is 8.37. The van der Waals surface area contributed by atoms with Gasteiger partial charge in [-0.3, -0.25) is 4.40 Å². The molecule has 4 heteroatoms. The third-order valence-electron chi connectivity index (χ3n) is 4.75. The first-order valence-electron chi connectivity index (χ1n) is 9.06. The van der Waals surface area contributed by atoms with Crippen molar-refractivity contribution in [1.82, 2.24) is 9.38 Å². The van der Waals surface area contributed by atoms with Crippen molar-refractivity contribution < 1.29 is 0 Å². The Hall–Kier alpha value is -3.27. The first-order valence-corrected chi connectivity index (χ1v) is 9.06. The summed E-state index contributed by atoms with van der Waals surface area (Å²) in [5.74, 6) is 0.744. The molecule has 4 rings (SSSR count). The largest absolute Gasteiger partial charge is 0.283 e. The van der Waals surface area contributed by atoms with E-state index in [2.05, 4.69) is 62.2 Å². The van der Waals surface area contributed by atoms with Crippen molar-refractivity contribution >= 4 is 17.2 Å². The number of nitrogens with zero attached hydrogens (tertiary/aromatic N) is 4. The first kappa shape index (κ1) is 17.2. The van der Waals surface area contributed by atoms with E-state index in [9.17, 15) is 0 Å². The van der Waals surface area contributed by atoms with Crippen LogP contribution in [-0.2, 0) is 0 Å². The number of fused-ring (bicyclic) bond motifs is 1. The molecule has 0 saturated heterocycles. The Labute approximate surface area is 159 Å². The van der Waals surface area contributed by atoms with E-state index in [0.717, 1.165) is 28.4 Å². The maximum Gasteiger partial charge on any atom is 0.187 e. The molecule has 2 heterocycles. The molecule has 0 spiro atoms. The molecule has 0 unspecified atom stereocenters. The van der Waals surface area contributed by atoms with Crippen LogP contribution >= 0.6 is 0 Å². The summed E-state index contributed by atoms with van der Waals surface area (Å²) in [6, 6.07) is 18.5. The Morgan fingerprint density at radius 2 is 1.56 bits per heavy atom. The summed E-state index contributed by atoms with van der Waals surface area (Å²) < 4.78 is 1.98. The highest BCUT2D eigenvalue weighted by Crippen LogP contribution is 2.33. The number of pyridine rings is 1. The van der Waals surface area contributed by atoms with Crippen molar-refractivity contribution in [3.8, 4) is 11.3 Å². The predicted octanol–water partition coefficient (Wildman–Crippen LogP) is 6.65. The predicted molar refractivity (Wildman–Crippen MR) is 110 cm³/mol. The van der Waals surface area contributed by atoms with Crippen molar-refractivity contribution in [2.24, 2.45) is 10.2 Å². The molecular weight excluding hydrogens is 332 g/mol. The van der Waals surface area contributed by atoms with Crippen LogP contribution in [0.25, 0.3) is 16.9 Å². The van der Waals surface area contributed by atoms with Crippen molar-refractivity contribution in [3.05, 3.63) is 83.0 Å². The second-order valence-corrected chi connectivity index (χ2v) is 7.06. The van der Waals surface area contributed by atoms with Crippen LogP contribution in [0.5, 0.6) is 0 Å². The number of benzene rings is 2. The number of azo groups is 1. The van der Waals surface area contributed by atoms with Crippen molar-refractivity contribution in [1.29, 1.82) is 0 Å². The molecule has 2 aromatic heterocycles. The zero-order chi connectivity index (χ0) is 19.0. The van der Waals surface area contributed by atoms with E-state index >= 15 is 0 Å². The van der Waals surface area contributed by atoms with Gasteiger partial charge in [-0.15, -0.1) is 10.2 Å². The fourth-order valence-corrected chi connectivity index (χ4v) is 3.27. The highest BCUT2D eigenvalue weighted by atomic mass is 15.2. The molecule has 4 nitrogen and oxygen atoms in total. The smallest absolute Gasteiger partial charge is 0.187 e. The number of imidazole rings is 1. The zero-order valence-electron chi connectivity index (χ0n) is 16.1. The molecule has 0 radical (unpaired) electrons. The number of aryl methyl sites for hydroxylation is 4. The minimum atomic E-state index is 0.744. The van der Waals surface area contributed by atoms with Crippen molar-refractivity contribution in [2.75, 3.05) is 0 Å². The minimum absolute atomic E-state index is 0.744. The molecule has 0 aliphatic heterocycles. The van der Waals surface area contributed by atoms with Gasteiger partial charge in [0.1, 0.15) is 11.3 Å². The first-order chi connectivity index (χ1) is 13.0. The van der Waals surface area contributed by atoms with E-state index in [1.165, 1.54) is 22.3 Å². The van der Waals surface area contributed by atoms with Crippen LogP contribution in [0.1, 0.15) is 22.3 Å². The maximum absolute atomic E-state index is 4.81. The van der Waals surface area contributed by atoms with Crippen molar-refractivity contribution in [2.45, 2.75) is 27.7 Å². The van der Waals surface area contributed by atoms with Gasteiger partial charge in [-0.2, -0.15) is 0 Å². The molecule has 0 bridgehead atoms. The van der Waals surface area contributed by atoms with Gasteiger partial charge in [0.25, 0.3) is 0 Å². The van der Waals surface area contributed by atoms with Crippen LogP contribution in [0.3, 0.4) is 0 Å². The molecule has 27 heavy (non-hydrogen) atoms. The zero-order valence-corrected chi connectivity index (χ0v) is 16.1.